The average molecular weight is 263 g/mol. The number of pyridine rings is 1. The molecule has 19 heavy (non-hydrogen) atoms. The van der Waals surface area contributed by atoms with Crippen LogP contribution in [0.3, 0.4) is 0 Å². The van der Waals surface area contributed by atoms with Crippen molar-refractivity contribution in [3.63, 3.8) is 0 Å². The molecular weight excluding hydrogens is 242 g/mol. The Morgan fingerprint density at radius 3 is 2.89 bits per heavy atom. The predicted molar refractivity (Wildman–Crippen MR) is 73.3 cm³/mol. The fourth-order valence-corrected chi connectivity index (χ4v) is 2.58. The first-order valence-corrected chi connectivity index (χ1v) is 6.79. The van der Waals surface area contributed by atoms with Gasteiger partial charge in [0.1, 0.15) is 0 Å². The Balaban J connectivity index is 1.88. The Labute approximate surface area is 113 Å². The minimum Gasteiger partial charge on any atom is -0.397 e. The van der Waals surface area contributed by atoms with Crippen LogP contribution in [0.15, 0.2) is 18.3 Å². The third-order valence-corrected chi connectivity index (χ3v) is 3.68. The van der Waals surface area contributed by atoms with E-state index in [2.05, 4.69) is 10.3 Å². The molecule has 0 bridgehead atoms. The molecule has 4 N–H and O–H groups in total. The molecule has 1 saturated carbocycles. The molecule has 2 rings (SSSR count). The van der Waals surface area contributed by atoms with Crippen LogP contribution < -0.4 is 11.1 Å². The Bertz CT molecular complexity index is 419. The van der Waals surface area contributed by atoms with Crippen molar-refractivity contribution in [1.82, 2.24) is 10.3 Å². The van der Waals surface area contributed by atoms with Crippen molar-refractivity contribution in [2.45, 2.75) is 38.1 Å². The summed E-state index contributed by atoms with van der Waals surface area (Å²) in [6.45, 7) is 0.144. The molecule has 0 spiro atoms. The van der Waals surface area contributed by atoms with Gasteiger partial charge in [-0.05, 0) is 25.0 Å². The van der Waals surface area contributed by atoms with Gasteiger partial charge in [-0.25, -0.2) is 0 Å². The zero-order valence-corrected chi connectivity index (χ0v) is 11.0. The number of rotatable bonds is 4. The zero-order chi connectivity index (χ0) is 13.7. The van der Waals surface area contributed by atoms with Crippen molar-refractivity contribution < 1.29 is 9.90 Å². The second kappa shape index (κ2) is 6.52. The fraction of sp³-hybridized carbons (Fsp3) is 0.571. The van der Waals surface area contributed by atoms with Gasteiger partial charge in [-0.15, -0.1) is 0 Å². The molecule has 0 saturated heterocycles. The molecule has 5 nitrogen and oxygen atoms in total. The number of amides is 1. The lowest BCUT2D eigenvalue weighted by molar-refractivity contribution is -0.121. The molecule has 104 valence electrons. The van der Waals surface area contributed by atoms with Gasteiger partial charge in [0.25, 0.3) is 0 Å². The minimum absolute atomic E-state index is 0.0392. The van der Waals surface area contributed by atoms with Crippen LogP contribution in [0, 0.1) is 5.92 Å². The Morgan fingerprint density at radius 2 is 2.21 bits per heavy atom. The van der Waals surface area contributed by atoms with Gasteiger partial charge in [0, 0.05) is 24.3 Å². The molecule has 1 aromatic rings. The summed E-state index contributed by atoms with van der Waals surface area (Å²) in [4.78, 5) is 16.1. The lowest BCUT2D eigenvalue weighted by Crippen LogP contribution is -2.44. The number of aliphatic hydroxyl groups is 1. The number of nitrogens with one attached hydrogen (secondary N) is 1. The van der Waals surface area contributed by atoms with E-state index in [0.717, 1.165) is 25.7 Å². The van der Waals surface area contributed by atoms with Crippen LogP contribution in [0.2, 0.25) is 0 Å². The van der Waals surface area contributed by atoms with Crippen LogP contribution in [-0.2, 0) is 11.2 Å². The van der Waals surface area contributed by atoms with E-state index in [0.29, 0.717) is 11.4 Å². The van der Waals surface area contributed by atoms with Crippen molar-refractivity contribution in [2.75, 3.05) is 12.3 Å². The molecule has 1 heterocycles. The normalized spacial score (nSPS) is 23.0. The van der Waals surface area contributed by atoms with E-state index in [1.807, 2.05) is 0 Å². The monoisotopic (exact) mass is 263 g/mol. The average Bonchev–Trinajstić information content (AvgIpc) is 2.42. The molecule has 1 aliphatic carbocycles. The van der Waals surface area contributed by atoms with E-state index in [9.17, 15) is 9.90 Å². The second-order valence-electron chi connectivity index (χ2n) is 5.16. The number of nitrogens with two attached hydrogens (primary N) is 1. The van der Waals surface area contributed by atoms with Gasteiger partial charge in [-0.1, -0.05) is 12.8 Å². The van der Waals surface area contributed by atoms with Gasteiger partial charge >= 0.3 is 0 Å². The van der Waals surface area contributed by atoms with Crippen molar-refractivity contribution in [1.29, 1.82) is 0 Å². The van der Waals surface area contributed by atoms with E-state index in [1.165, 1.54) is 0 Å². The summed E-state index contributed by atoms with van der Waals surface area (Å²) >= 11 is 0. The van der Waals surface area contributed by atoms with Gasteiger partial charge < -0.3 is 16.2 Å². The van der Waals surface area contributed by atoms with Crippen molar-refractivity contribution in [2.24, 2.45) is 5.92 Å². The first-order valence-electron chi connectivity index (χ1n) is 6.79. The lowest BCUT2D eigenvalue weighted by atomic mass is 9.85. The molecular formula is C14H21N3O2. The number of nitrogens with zero attached hydrogens (tertiary/aromatic N) is 1. The minimum atomic E-state index is -0.0392. The third-order valence-electron chi connectivity index (χ3n) is 3.68. The van der Waals surface area contributed by atoms with E-state index in [1.54, 1.807) is 18.3 Å². The highest BCUT2D eigenvalue weighted by atomic mass is 16.3. The SMILES string of the molecule is Nc1ccc(CC(=O)NC2CCCCC2CO)nc1. The molecule has 2 unspecified atom stereocenters. The summed E-state index contributed by atoms with van der Waals surface area (Å²) in [5.74, 6) is 0.152. The lowest BCUT2D eigenvalue weighted by Gasteiger charge is -2.30. The van der Waals surface area contributed by atoms with Crippen molar-refractivity contribution >= 4 is 11.6 Å². The maximum atomic E-state index is 12.0. The van der Waals surface area contributed by atoms with Crippen LogP contribution in [0.4, 0.5) is 5.69 Å². The summed E-state index contributed by atoms with van der Waals surface area (Å²) in [6, 6.07) is 3.60. The van der Waals surface area contributed by atoms with E-state index in [-0.39, 0.29) is 30.9 Å². The number of anilines is 1. The summed E-state index contributed by atoms with van der Waals surface area (Å²) < 4.78 is 0. The van der Waals surface area contributed by atoms with Crippen LogP contribution in [-0.4, -0.2) is 28.6 Å². The van der Waals surface area contributed by atoms with Gasteiger partial charge in [0.05, 0.1) is 18.3 Å². The van der Waals surface area contributed by atoms with Crippen LogP contribution in [0.5, 0.6) is 0 Å². The number of carbonyl (C=O) groups excluding carboxylic acids is 1. The van der Waals surface area contributed by atoms with Gasteiger partial charge in [-0.3, -0.25) is 9.78 Å². The van der Waals surface area contributed by atoms with Crippen LogP contribution in [0.1, 0.15) is 31.4 Å². The van der Waals surface area contributed by atoms with Crippen LogP contribution in [0.25, 0.3) is 0 Å². The largest absolute Gasteiger partial charge is 0.397 e. The topological polar surface area (TPSA) is 88.2 Å². The third kappa shape index (κ3) is 3.92. The number of aliphatic hydroxyl groups excluding tert-OH is 1. The summed E-state index contributed by atoms with van der Waals surface area (Å²) in [5, 5.41) is 12.3. The number of hydrogen-bond donors (Lipinski definition) is 3. The Hall–Kier alpha value is -1.62. The van der Waals surface area contributed by atoms with E-state index < -0.39 is 0 Å². The predicted octanol–water partition coefficient (Wildman–Crippen LogP) is 0.874. The Kier molecular flexibility index (Phi) is 4.74. The molecule has 5 heteroatoms. The number of hydrogen-bond acceptors (Lipinski definition) is 4. The van der Waals surface area contributed by atoms with Crippen LogP contribution >= 0.6 is 0 Å². The van der Waals surface area contributed by atoms with Gasteiger partial charge in [0.15, 0.2) is 0 Å². The molecule has 0 aromatic carbocycles. The zero-order valence-electron chi connectivity index (χ0n) is 11.0. The number of aromatic nitrogens is 1. The summed E-state index contributed by atoms with van der Waals surface area (Å²) in [6.07, 6.45) is 6.00. The summed E-state index contributed by atoms with van der Waals surface area (Å²) in [7, 11) is 0. The fourth-order valence-electron chi connectivity index (χ4n) is 2.58. The molecule has 0 radical (unpaired) electrons. The van der Waals surface area contributed by atoms with E-state index >= 15 is 0 Å². The van der Waals surface area contributed by atoms with Gasteiger partial charge in [0.2, 0.25) is 5.91 Å². The number of nitrogen functional groups attached to an aromatic ring is 1. The quantitative estimate of drug-likeness (QED) is 0.752. The Morgan fingerprint density at radius 1 is 1.42 bits per heavy atom. The molecule has 1 aliphatic rings. The maximum Gasteiger partial charge on any atom is 0.226 e. The molecule has 1 fully saturated rings. The first kappa shape index (κ1) is 13.8. The highest BCUT2D eigenvalue weighted by Gasteiger charge is 2.25. The number of carbonyl (C=O) groups is 1. The highest BCUT2D eigenvalue weighted by Crippen LogP contribution is 2.23. The highest BCUT2D eigenvalue weighted by molar-refractivity contribution is 5.78. The summed E-state index contributed by atoms with van der Waals surface area (Å²) in [5.41, 5.74) is 6.86. The second-order valence-corrected chi connectivity index (χ2v) is 5.16. The van der Waals surface area contributed by atoms with E-state index in [4.69, 9.17) is 5.73 Å². The molecule has 1 amide bonds. The maximum absolute atomic E-state index is 12.0. The smallest absolute Gasteiger partial charge is 0.226 e. The first-order chi connectivity index (χ1) is 9.19. The molecule has 1 aromatic heterocycles. The standard InChI is InChI=1S/C14H21N3O2/c15-11-5-6-12(16-8-11)7-14(19)17-13-4-2-1-3-10(13)9-18/h5-6,8,10,13,18H,1-4,7,9,15H2,(H,17,19). The molecule has 0 aliphatic heterocycles. The van der Waals surface area contributed by atoms with Gasteiger partial charge in [-0.2, -0.15) is 0 Å². The van der Waals surface area contributed by atoms with Crippen molar-refractivity contribution in [3.05, 3.63) is 24.0 Å². The molecule has 2 atom stereocenters. The van der Waals surface area contributed by atoms with Crippen molar-refractivity contribution in [3.8, 4) is 0 Å².